The fourth-order valence-electron chi connectivity index (χ4n) is 2.34. The van der Waals surface area contributed by atoms with E-state index in [2.05, 4.69) is 4.98 Å². The first-order chi connectivity index (χ1) is 11.9. The highest BCUT2D eigenvalue weighted by atomic mass is 35.5. The van der Waals surface area contributed by atoms with Gasteiger partial charge >= 0.3 is 6.18 Å². The van der Waals surface area contributed by atoms with Crippen molar-refractivity contribution in [3.8, 4) is 11.8 Å². The SMILES string of the molecule is N#Cc1ccc(C(Oc2cc3ccccc3nc2Cl)C(F)(F)F)cc1. The number of rotatable bonds is 3. The number of aromatic nitrogens is 1. The van der Waals surface area contributed by atoms with E-state index >= 15 is 0 Å². The molecule has 2 aromatic carbocycles. The normalized spacial score (nSPS) is 12.6. The van der Waals surface area contributed by atoms with Gasteiger partial charge in [-0.2, -0.15) is 18.4 Å². The Morgan fingerprint density at radius 3 is 2.40 bits per heavy atom. The smallest absolute Gasteiger partial charge is 0.429 e. The number of nitrogens with zero attached hydrogens (tertiary/aromatic N) is 2. The van der Waals surface area contributed by atoms with Gasteiger partial charge in [0, 0.05) is 10.9 Å². The zero-order chi connectivity index (χ0) is 18.0. The third kappa shape index (κ3) is 3.67. The van der Waals surface area contributed by atoms with Crippen LogP contribution in [-0.2, 0) is 0 Å². The molecule has 0 spiro atoms. The lowest BCUT2D eigenvalue weighted by atomic mass is 10.1. The molecule has 0 N–H and O–H groups in total. The molecule has 25 heavy (non-hydrogen) atoms. The average molecular weight is 363 g/mol. The molecule has 0 aliphatic rings. The van der Waals surface area contributed by atoms with Crippen molar-refractivity contribution >= 4 is 22.5 Å². The second kappa shape index (κ2) is 6.61. The molecular formula is C18H10ClF3N2O. The summed E-state index contributed by atoms with van der Waals surface area (Å²) in [5, 5.41) is 9.23. The number of hydrogen-bond donors (Lipinski definition) is 0. The molecule has 0 aliphatic carbocycles. The van der Waals surface area contributed by atoms with Crippen molar-refractivity contribution < 1.29 is 17.9 Å². The van der Waals surface area contributed by atoms with Crippen LogP contribution in [0.1, 0.15) is 17.2 Å². The van der Waals surface area contributed by atoms with Gasteiger partial charge in [0.2, 0.25) is 6.10 Å². The van der Waals surface area contributed by atoms with E-state index in [1.54, 1.807) is 24.3 Å². The Morgan fingerprint density at radius 1 is 1.08 bits per heavy atom. The first kappa shape index (κ1) is 17.1. The van der Waals surface area contributed by atoms with E-state index in [0.717, 1.165) is 0 Å². The molecule has 0 fully saturated rings. The van der Waals surface area contributed by atoms with Crippen molar-refractivity contribution in [1.82, 2.24) is 4.98 Å². The van der Waals surface area contributed by atoms with E-state index in [-0.39, 0.29) is 22.0 Å². The van der Waals surface area contributed by atoms with Gasteiger partial charge in [-0.1, -0.05) is 41.9 Å². The quantitative estimate of drug-likeness (QED) is 0.582. The largest absolute Gasteiger partial charge is 0.473 e. The number of benzene rings is 2. The van der Waals surface area contributed by atoms with Crippen LogP contribution in [0, 0.1) is 11.3 Å². The summed E-state index contributed by atoms with van der Waals surface area (Å²) in [5.74, 6) is -0.160. The molecular weight excluding hydrogens is 353 g/mol. The van der Waals surface area contributed by atoms with Crippen LogP contribution >= 0.6 is 11.6 Å². The molecule has 126 valence electrons. The number of para-hydroxylation sites is 1. The van der Waals surface area contributed by atoms with Gasteiger partial charge in [-0.3, -0.25) is 0 Å². The predicted molar refractivity (Wildman–Crippen MR) is 87.3 cm³/mol. The number of pyridine rings is 1. The minimum Gasteiger partial charge on any atom is -0.473 e. The molecule has 7 heteroatoms. The lowest BCUT2D eigenvalue weighted by Gasteiger charge is -2.22. The minimum absolute atomic E-state index is 0.129. The van der Waals surface area contributed by atoms with Crippen molar-refractivity contribution in [2.45, 2.75) is 12.3 Å². The molecule has 0 amide bonds. The van der Waals surface area contributed by atoms with Gasteiger partial charge in [0.15, 0.2) is 10.9 Å². The third-order valence-corrected chi connectivity index (χ3v) is 3.80. The summed E-state index contributed by atoms with van der Waals surface area (Å²) in [4.78, 5) is 4.06. The highest BCUT2D eigenvalue weighted by molar-refractivity contribution is 6.31. The van der Waals surface area contributed by atoms with Crippen LogP contribution in [0.3, 0.4) is 0 Å². The Kier molecular flexibility index (Phi) is 4.51. The van der Waals surface area contributed by atoms with Crippen LogP contribution in [0.5, 0.6) is 5.75 Å². The number of fused-ring (bicyclic) bond motifs is 1. The van der Waals surface area contributed by atoms with Crippen molar-refractivity contribution in [1.29, 1.82) is 5.26 Å². The number of nitriles is 1. The second-order valence-corrected chi connectivity index (χ2v) is 5.60. The van der Waals surface area contributed by atoms with Crippen molar-refractivity contribution in [2.24, 2.45) is 0 Å². The Balaban J connectivity index is 2.01. The van der Waals surface area contributed by atoms with E-state index in [4.69, 9.17) is 21.6 Å². The van der Waals surface area contributed by atoms with Gasteiger partial charge < -0.3 is 4.74 Å². The number of alkyl halides is 3. The van der Waals surface area contributed by atoms with Gasteiger partial charge in [0.05, 0.1) is 17.1 Å². The molecule has 1 heterocycles. The standard InChI is InChI=1S/C18H10ClF3N2O/c19-17-15(9-13-3-1-2-4-14(13)24-17)25-16(18(20,21)22)12-7-5-11(10-23)6-8-12/h1-9,16H. The second-order valence-electron chi connectivity index (χ2n) is 5.24. The number of hydrogen-bond acceptors (Lipinski definition) is 3. The van der Waals surface area contributed by atoms with Crippen molar-refractivity contribution in [3.63, 3.8) is 0 Å². The molecule has 1 aromatic heterocycles. The van der Waals surface area contributed by atoms with Crippen LogP contribution in [0.4, 0.5) is 13.2 Å². The van der Waals surface area contributed by atoms with E-state index in [9.17, 15) is 13.2 Å². The molecule has 0 bridgehead atoms. The maximum atomic E-state index is 13.5. The molecule has 3 nitrogen and oxygen atoms in total. The van der Waals surface area contributed by atoms with Crippen LogP contribution in [0.2, 0.25) is 5.15 Å². The Bertz CT molecular complexity index is 949. The van der Waals surface area contributed by atoms with Gasteiger partial charge in [-0.05, 0) is 24.3 Å². The molecule has 1 unspecified atom stereocenters. The van der Waals surface area contributed by atoms with Crippen LogP contribution in [0.15, 0.2) is 54.6 Å². The summed E-state index contributed by atoms with van der Waals surface area (Å²) < 4.78 is 45.6. The Hall–Kier alpha value is -2.78. The summed E-state index contributed by atoms with van der Waals surface area (Å²) in [6.45, 7) is 0. The van der Waals surface area contributed by atoms with Gasteiger partial charge in [-0.25, -0.2) is 4.98 Å². The average Bonchev–Trinajstić information content (AvgIpc) is 2.59. The lowest BCUT2D eigenvalue weighted by Crippen LogP contribution is -2.26. The highest BCUT2D eigenvalue weighted by Gasteiger charge is 2.43. The van der Waals surface area contributed by atoms with Crippen LogP contribution in [0.25, 0.3) is 10.9 Å². The topological polar surface area (TPSA) is 45.9 Å². The molecule has 1 atom stereocenters. The first-order valence-corrected chi connectivity index (χ1v) is 7.55. The number of halogens is 4. The summed E-state index contributed by atoms with van der Waals surface area (Å²) in [7, 11) is 0. The minimum atomic E-state index is -4.66. The van der Waals surface area contributed by atoms with Crippen LogP contribution < -0.4 is 4.74 Å². The fraction of sp³-hybridized carbons (Fsp3) is 0.111. The first-order valence-electron chi connectivity index (χ1n) is 7.17. The summed E-state index contributed by atoms with van der Waals surface area (Å²) in [5.41, 5.74) is 0.688. The van der Waals surface area contributed by atoms with E-state index < -0.39 is 12.3 Å². The molecule has 3 aromatic rings. The summed E-state index contributed by atoms with van der Waals surface area (Å²) in [6.07, 6.45) is -6.89. The molecule has 0 saturated heterocycles. The molecule has 0 aliphatic heterocycles. The van der Waals surface area contributed by atoms with Crippen LogP contribution in [-0.4, -0.2) is 11.2 Å². The van der Waals surface area contributed by atoms with Gasteiger partial charge in [-0.15, -0.1) is 0 Å². The zero-order valence-electron chi connectivity index (χ0n) is 12.6. The zero-order valence-corrected chi connectivity index (χ0v) is 13.3. The Morgan fingerprint density at radius 2 is 1.76 bits per heavy atom. The van der Waals surface area contributed by atoms with Gasteiger partial charge in [0.1, 0.15) is 0 Å². The number of ether oxygens (including phenoxy) is 1. The van der Waals surface area contributed by atoms with E-state index in [0.29, 0.717) is 10.9 Å². The molecule has 0 saturated carbocycles. The monoisotopic (exact) mass is 362 g/mol. The maximum absolute atomic E-state index is 13.5. The molecule has 0 radical (unpaired) electrons. The lowest BCUT2D eigenvalue weighted by molar-refractivity contribution is -0.198. The predicted octanol–water partition coefficient (Wildman–Crippen LogP) is 5.44. The van der Waals surface area contributed by atoms with Crippen molar-refractivity contribution in [3.05, 3.63) is 70.9 Å². The maximum Gasteiger partial charge on any atom is 0.429 e. The van der Waals surface area contributed by atoms with E-state index in [1.165, 1.54) is 30.3 Å². The third-order valence-electron chi connectivity index (χ3n) is 3.53. The van der Waals surface area contributed by atoms with Gasteiger partial charge in [0.25, 0.3) is 0 Å². The Labute approximate surface area is 146 Å². The fourth-order valence-corrected chi connectivity index (χ4v) is 2.53. The van der Waals surface area contributed by atoms with Crippen molar-refractivity contribution in [2.75, 3.05) is 0 Å². The summed E-state index contributed by atoms with van der Waals surface area (Å²) in [6, 6.07) is 15.2. The summed E-state index contributed by atoms with van der Waals surface area (Å²) >= 11 is 5.99. The highest BCUT2D eigenvalue weighted by Crippen LogP contribution is 2.39. The van der Waals surface area contributed by atoms with E-state index in [1.807, 2.05) is 6.07 Å². The molecule has 3 rings (SSSR count).